The van der Waals surface area contributed by atoms with Crippen LogP contribution in [0.3, 0.4) is 0 Å². The topological polar surface area (TPSA) is 12.2 Å². The summed E-state index contributed by atoms with van der Waals surface area (Å²) in [6, 6.07) is 12.9. The lowest BCUT2D eigenvalue weighted by Crippen LogP contribution is -3.00. The monoisotopic (exact) mass is 299 g/mol. The molecule has 1 aromatic heterocycles. The Bertz CT molecular complexity index is 554. The van der Waals surface area contributed by atoms with Crippen LogP contribution in [0.25, 0.3) is 10.4 Å². The lowest BCUT2D eigenvalue weighted by atomic mass is 10.2. The van der Waals surface area contributed by atoms with Crippen molar-refractivity contribution in [3.05, 3.63) is 41.1 Å². The minimum atomic E-state index is 0. The fraction of sp³-hybridized carbons (Fsp3) is 0.308. The summed E-state index contributed by atoms with van der Waals surface area (Å²) in [5, 5.41) is 0. The van der Waals surface area contributed by atoms with Crippen LogP contribution in [-0.2, 0) is 4.74 Å². The van der Waals surface area contributed by atoms with Gasteiger partial charge in [0.25, 0.3) is 4.67 Å². The summed E-state index contributed by atoms with van der Waals surface area (Å²) >= 11 is 0. The van der Waals surface area contributed by atoms with Crippen LogP contribution in [0.5, 0.6) is 0 Å². The summed E-state index contributed by atoms with van der Waals surface area (Å²) < 4.78 is 9.17. The molecule has 18 heavy (non-hydrogen) atoms. The third-order valence-electron chi connectivity index (χ3n) is 2.85. The number of benzene rings is 1. The van der Waals surface area contributed by atoms with Crippen LogP contribution in [-0.4, -0.2) is 26.3 Å². The standard InChI is InChI=1S/C13H14NOS2.ClH/c1-2-4-11(5-3-1)12-10-13(17-16-12)14-6-8-15-9-7-14;/h1-5,10H,6-9H2;1H/q+1;/p-1. The van der Waals surface area contributed by atoms with E-state index in [0.717, 1.165) is 26.3 Å². The molecular formula is C13H14ClNOS2. The molecule has 1 aliphatic rings. The van der Waals surface area contributed by atoms with E-state index in [4.69, 9.17) is 4.74 Å². The second-order valence-corrected chi connectivity index (χ2v) is 6.17. The molecule has 1 aromatic carbocycles. The van der Waals surface area contributed by atoms with Gasteiger partial charge in [-0.2, -0.15) is 0 Å². The molecular weight excluding hydrogens is 286 g/mol. The molecule has 0 bridgehead atoms. The smallest absolute Gasteiger partial charge is 0.267 e. The first-order valence-electron chi connectivity index (χ1n) is 5.75. The predicted octanol–water partition coefficient (Wildman–Crippen LogP) is -0.717. The number of nitrogens with zero attached hydrogens (tertiary/aromatic N) is 1. The minimum absolute atomic E-state index is 0. The zero-order valence-electron chi connectivity index (χ0n) is 9.84. The highest BCUT2D eigenvalue weighted by Crippen LogP contribution is 2.24. The van der Waals surface area contributed by atoms with E-state index in [0.29, 0.717) is 0 Å². The van der Waals surface area contributed by atoms with Crippen LogP contribution >= 0.6 is 20.7 Å². The molecule has 5 heteroatoms. The Morgan fingerprint density at radius 3 is 2.44 bits per heavy atom. The molecule has 2 aromatic rings. The largest absolute Gasteiger partial charge is 1.00 e. The highest BCUT2D eigenvalue weighted by Gasteiger charge is 2.13. The summed E-state index contributed by atoms with van der Waals surface area (Å²) in [4.78, 5) is 1.36. The van der Waals surface area contributed by atoms with Crippen LogP contribution in [0.15, 0.2) is 36.4 Å². The maximum atomic E-state index is 5.38. The Morgan fingerprint density at radius 1 is 1.00 bits per heavy atom. The molecule has 0 unspecified atom stereocenters. The molecule has 0 radical (unpaired) electrons. The van der Waals surface area contributed by atoms with Crippen LogP contribution in [0.1, 0.15) is 0 Å². The second-order valence-electron chi connectivity index (χ2n) is 3.98. The molecule has 3 rings (SSSR count). The summed E-state index contributed by atoms with van der Waals surface area (Å²) in [5.41, 5.74) is 1.31. The maximum absolute atomic E-state index is 5.38. The van der Waals surface area contributed by atoms with Gasteiger partial charge in [0, 0.05) is 6.07 Å². The van der Waals surface area contributed by atoms with Crippen molar-refractivity contribution >= 4 is 20.7 Å². The van der Waals surface area contributed by atoms with Gasteiger partial charge in [0.2, 0.25) is 0 Å². The van der Waals surface area contributed by atoms with Crippen molar-refractivity contribution in [1.29, 1.82) is 0 Å². The minimum Gasteiger partial charge on any atom is -1.00 e. The van der Waals surface area contributed by atoms with Gasteiger partial charge in [0.1, 0.15) is 13.2 Å². The highest BCUT2D eigenvalue weighted by molar-refractivity contribution is 7.69. The van der Waals surface area contributed by atoms with Crippen LogP contribution in [0.4, 0.5) is 0 Å². The molecule has 1 fully saturated rings. The van der Waals surface area contributed by atoms with Gasteiger partial charge in [-0.05, 0) is 15.9 Å². The van der Waals surface area contributed by atoms with E-state index in [2.05, 4.69) is 41.0 Å². The lowest BCUT2D eigenvalue weighted by Gasteiger charge is -2.09. The molecule has 1 saturated heterocycles. The van der Waals surface area contributed by atoms with Crippen molar-refractivity contribution in [1.82, 2.24) is 4.58 Å². The number of halogens is 1. The van der Waals surface area contributed by atoms with Crippen LogP contribution in [0, 0.1) is 0 Å². The third kappa shape index (κ3) is 3.01. The van der Waals surface area contributed by atoms with E-state index in [1.54, 1.807) is 0 Å². The quantitative estimate of drug-likeness (QED) is 0.500. The Balaban J connectivity index is 0.00000120. The summed E-state index contributed by atoms with van der Waals surface area (Å²) in [6.45, 7) is 3.73. The van der Waals surface area contributed by atoms with E-state index in [1.807, 2.05) is 20.7 Å². The molecule has 1 aliphatic heterocycles. The van der Waals surface area contributed by atoms with Crippen LogP contribution in [0.2, 0.25) is 0 Å². The average Bonchev–Trinajstić information content (AvgIpc) is 2.90. The van der Waals surface area contributed by atoms with Gasteiger partial charge >= 0.3 is 0 Å². The van der Waals surface area contributed by atoms with E-state index < -0.39 is 0 Å². The third-order valence-corrected chi connectivity index (χ3v) is 5.32. The summed E-state index contributed by atoms with van der Waals surface area (Å²) in [5.74, 6) is 0. The van der Waals surface area contributed by atoms with Gasteiger partial charge in [0.15, 0.2) is 13.1 Å². The van der Waals surface area contributed by atoms with Gasteiger partial charge in [0.05, 0.1) is 4.88 Å². The summed E-state index contributed by atoms with van der Waals surface area (Å²) in [6.07, 6.45) is 0. The fourth-order valence-corrected chi connectivity index (χ4v) is 4.42. The predicted molar refractivity (Wildman–Crippen MR) is 73.5 cm³/mol. The van der Waals surface area contributed by atoms with Crippen molar-refractivity contribution in [3.63, 3.8) is 0 Å². The first-order valence-corrected chi connectivity index (χ1v) is 7.90. The first kappa shape index (κ1) is 13.7. The fourth-order valence-electron chi connectivity index (χ4n) is 1.91. The first-order chi connectivity index (χ1) is 8.43. The Kier molecular flexibility index (Phi) is 4.95. The van der Waals surface area contributed by atoms with Crippen molar-refractivity contribution < 1.29 is 17.1 Å². The number of hydrogen-bond donors (Lipinski definition) is 0. The van der Waals surface area contributed by atoms with E-state index in [-0.39, 0.29) is 12.4 Å². The van der Waals surface area contributed by atoms with Gasteiger partial charge < -0.3 is 17.1 Å². The average molecular weight is 300 g/mol. The van der Waals surface area contributed by atoms with Gasteiger partial charge in [-0.3, -0.25) is 0 Å². The Hall–Kier alpha value is -0.680. The van der Waals surface area contributed by atoms with E-state index >= 15 is 0 Å². The van der Waals surface area contributed by atoms with Gasteiger partial charge in [-0.15, -0.1) is 0 Å². The molecule has 2 heterocycles. The summed E-state index contributed by atoms with van der Waals surface area (Å²) in [7, 11) is 3.72. The molecule has 96 valence electrons. The number of morpholine rings is 1. The highest BCUT2D eigenvalue weighted by atomic mass is 35.5. The van der Waals surface area contributed by atoms with E-state index in [9.17, 15) is 0 Å². The van der Waals surface area contributed by atoms with Gasteiger partial charge in [-0.1, -0.05) is 40.7 Å². The second kappa shape index (κ2) is 6.48. The normalized spacial score (nSPS) is 15.2. The molecule has 0 spiro atoms. The van der Waals surface area contributed by atoms with Gasteiger partial charge in [-0.25, -0.2) is 4.58 Å². The maximum Gasteiger partial charge on any atom is 0.267 e. The number of hydrogen-bond acceptors (Lipinski definition) is 3. The zero-order chi connectivity index (χ0) is 11.5. The van der Waals surface area contributed by atoms with E-state index in [1.165, 1.54) is 15.1 Å². The van der Waals surface area contributed by atoms with Crippen molar-refractivity contribution in [2.75, 3.05) is 26.3 Å². The Morgan fingerprint density at radius 2 is 1.72 bits per heavy atom. The van der Waals surface area contributed by atoms with Crippen molar-refractivity contribution in [2.24, 2.45) is 0 Å². The molecule has 0 N–H and O–H groups in total. The lowest BCUT2D eigenvalue weighted by molar-refractivity contribution is -0.00000401. The molecule has 0 amide bonds. The number of rotatable bonds is 1. The molecule has 0 saturated carbocycles. The van der Waals surface area contributed by atoms with Crippen LogP contribution < -0.4 is 21.7 Å². The molecule has 0 aliphatic carbocycles. The Labute approximate surface area is 120 Å². The number of ether oxygens (including phenoxy) is 1. The van der Waals surface area contributed by atoms with Crippen molar-refractivity contribution in [2.45, 2.75) is 0 Å². The van der Waals surface area contributed by atoms with Crippen molar-refractivity contribution in [3.8, 4) is 10.4 Å². The molecule has 2 nitrogen and oxygen atoms in total. The molecule has 0 atom stereocenters. The SMILES string of the molecule is [Cl-].c1ccc(-c2cc(=[N+]3CCOCC3)ss2)cc1. The zero-order valence-corrected chi connectivity index (χ0v) is 12.2.